The van der Waals surface area contributed by atoms with Gasteiger partial charge in [-0.1, -0.05) is 11.6 Å². The second-order valence-electron chi connectivity index (χ2n) is 4.10. The molecule has 0 aliphatic rings. The standard InChI is InChI=1S/C15H14ClNO2/c1-10(18)14-8-3-11(16)9-15(14)17-12-4-6-13(19-2)7-5-12/h3-9,17H,1-2H3. The van der Waals surface area contributed by atoms with Crippen molar-refractivity contribution in [3.8, 4) is 5.75 Å². The Balaban J connectivity index is 2.31. The molecule has 1 N–H and O–H groups in total. The van der Waals surface area contributed by atoms with Crippen molar-refractivity contribution < 1.29 is 9.53 Å². The number of anilines is 2. The molecule has 0 radical (unpaired) electrons. The van der Waals surface area contributed by atoms with Crippen LogP contribution in [0.3, 0.4) is 0 Å². The fourth-order valence-electron chi connectivity index (χ4n) is 1.76. The fraction of sp³-hybridized carbons (Fsp3) is 0.133. The van der Waals surface area contributed by atoms with Crippen LogP contribution in [-0.4, -0.2) is 12.9 Å². The van der Waals surface area contributed by atoms with Crippen LogP contribution in [0.1, 0.15) is 17.3 Å². The summed E-state index contributed by atoms with van der Waals surface area (Å²) in [5, 5.41) is 3.77. The van der Waals surface area contributed by atoms with E-state index in [1.54, 1.807) is 25.3 Å². The van der Waals surface area contributed by atoms with Crippen LogP contribution in [0.5, 0.6) is 5.75 Å². The van der Waals surface area contributed by atoms with Gasteiger partial charge in [0.1, 0.15) is 5.75 Å². The third-order valence-electron chi connectivity index (χ3n) is 2.73. The molecular weight excluding hydrogens is 262 g/mol. The maximum Gasteiger partial charge on any atom is 0.161 e. The average molecular weight is 276 g/mol. The van der Waals surface area contributed by atoms with Gasteiger partial charge in [-0.2, -0.15) is 0 Å². The van der Waals surface area contributed by atoms with Gasteiger partial charge in [-0.3, -0.25) is 4.79 Å². The van der Waals surface area contributed by atoms with E-state index in [4.69, 9.17) is 16.3 Å². The number of Topliss-reactive ketones (excluding diaryl/α,β-unsaturated/α-hetero) is 1. The van der Waals surface area contributed by atoms with Crippen LogP contribution >= 0.6 is 11.6 Å². The normalized spacial score (nSPS) is 10.1. The van der Waals surface area contributed by atoms with Crippen molar-refractivity contribution in [3.05, 3.63) is 53.1 Å². The fourth-order valence-corrected chi connectivity index (χ4v) is 1.93. The molecule has 2 aromatic carbocycles. The van der Waals surface area contributed by atoms with Gasteiger partial charge in [0.15, 0.2) is 5.78 Å². The summed E-state index contributed by atoms with van der Waals surface area (Å²) in [6.07, 6.45) is 0. The number of hydrogen-bond acceptors (Lipinski definition) is 3. The average Bonchev–Trinajstić information content (AvgIpc) is 2.39. The van der Waals surface area contributed by atoms with E-state index < -0.39 is 0 Å². The number of benzene rings is 2. The number of hydrogen-bond donors (Lipinski definition) is 1. The maximum atomic E-state index is 11.6. The second kappa shape index (κ2) is 5.76. The highest BCUT2D eigenvalue weighted by molar-refractivity contribution is 6.31. The molecule has 0 unspecified atom stereocenters. The lowest BCUT2D eigenvalue weighted by Gasteiger charge is -2.11. The maximum absolute atomic E-state index is 11.6. The first kappa shape index (κ1) is 13.4. The first-order chi connectivity index (χ1) is 9.10. The Hall–Kier alpha value is -2.00. The monoisotopic (exact) mass is 275 g/mol. The van der Waals surface area contributed by atoms with Gasteiger partial charge in [-0.25, -0.2) is 0 Å². The third kappa shape index (κ3) is 3.26. The van der Waals surface area contributed by atoms with E-state index in [0.29, 0.717) is 16.3 Å². The van der Waals surface area contributed by atoms with E-state index in [0.717, 1.165) is 11.4 Å². The molecule has 98 valence electrons. The highest BCUT2D eigenvalue weighted by Crippen LogP contribution is 2.26. The Kier molecular flexibility index (Phi) is 4.07. The molecule has 2 aromatic rings. The number of ether oxygens (including phenoxy) is 1. The number of carbonyl (C=O) groups excluding carboxylic acids is 1. The summed E-state index contributed by atoms with van der Waals surface area (Å²) in [7, 11) is 1.62. The SMILES string of the molecule is COc1ccc(Nc2cc(Cl)ccc2C(C)=O)cc1. The number of carbonyl (C=O) groups is 1. The summed E-state index contributed by atoms with van der Waals surface area (Å²) >= 11 is 5.96. The minimum Gasteiger partial charge on any atom is -0.497 e. The van der Waals surface area contributed by atoms with Crippen LogP contribution in [0.4, 0.5) is 11.4 Å². The molecule has 0 amide bonds. The highest BCUT2D eigenvalue weighted by atomic mass is 35.5. The van der Waals surface area contributed by atoms with Gasteiger partial charge in [0.25, 0.3) is 0 Å². The molecule has 0 saturated carbocycles. The molecule has 19 heavy (non-hydrogen) atoms. The first-order valence-electron chi connectivity index (χ1n) is 5.81. The molecule has 0 atom stereocenters. The van der Waals surface area contributed by atoms with Gasteiger partial charge in [-0.15, -0.1) is 0 Å². The molecule has 0 heterocycles. The van der Waals surface area contributed by atoms with Crippen LogP contribution < -0.4 is 10.1 Å². The molecule has 0 saturated heterocycles. The number of nitrogens with one attached hydrogen (secondary N) is 1. The van der Waals surface area contributed by atoms with E-state index in [1.165, 1.54) is 6.92 Å². The van der Waals surface area contributed by atoms with Crippen molar-refractivity contribution in [2.24, 2.45) is 0 Å². The predicted molar refractivity (Wildman–Crippen MR) is 77.7 cm³/mol. The summed E-state index contributed by atoms with van der Waals surface area (Å²) in [6.45, 7) is 1.53. The van der Waals surface area contributed by atoms with Crippen LogP contribution in [0.15, 0.2) is 42.5 Å². The van der Waals surface area contributed by atoms with Gasteiger partial charge >= 0.3 is 0 Å². The number of methoxy groups -OCH3 is 1. The Morgan fingerprint density at radius 2 is 1.84 bits per heavy atom. The Bertz CT molecular complexity index is 594. The van der Waals surface area contributed by atoms with Crippen molar-refractivity contribution in [3.63, 3.8) is 0 Å². The molecule has 0 spiro atoms. The Morgan fingerprint density at radius 3 is 2.42 bits per heavy atom. The lowest BCUT2D eigenvalue weighted by atomic mass is 10.1. The molecule has 3 nitrogen and oxygen atoms in total. The zero-order chi connectivity index (χ0) is 13.8. The Labute approximate surface area is 117 Å². The summed E-state index contributed by atoms with van der Waals surface area (Å²) in [5.74, 6) is 0.774. The van der Waals surface area contributed by atoms with Crippen molar-refractivity contribution >= 4 is 28.8 Å². The van der Waals surface area contributed by atoms with Crippen LogP contribution in [0, 0.1) is 0 Å². The number of ketones is 1. The van der Waals surface area contributed by atoms with Gasteiger partial charge in [0.05, 0.1) is 12.8 Å². The molecule has 0 aliphatic carbocycles. The van der Waals surface area contributed by atoms with Gasteiger partial charge in [0.2, 0.25) is 0 Å². The number of rotatable bonds is 4. The summed E-state index contributed by atoms with van der Waals surface area (Å²) in [4.78, 5) is 11.6. The predicted octanol–water partition coefficient (Wildman–Crippen LogP) is 4.29. The van der Waals surface area contributed by atoms with Crippen LogP contribution in [-0.2, 0) is 0 Å². The summed E-state index contributed by atoms with van der Waals surface area (Å²) in [6, 6.07) is 12.6. The minimum atomic E-state index is -0.00678. The zero-order valence-corrected chi connectivity index (χ0v) is 11.5. The van der Waals surface area contributed by atoms with Crippen LogP contribution in [0.2, 0.25) is 5.02 Å². The topological polar surface area (TPSA) is 38.3 Å². The van der Waals surface area contributed by atoms with Crippen LogP contribution in [0.25, 0.3) is 0 Å². The van der Waals surface area contributed by atoms with E-state index in [9.17, 15) is 4.79 Å². The smallest absolute Gasteiger partial charge is 0.161 e. The van der Waals surface area contributed by atoms with Crippen molar-refractivity contribution in [1.29, 1.82) is 0 Å². The molecule has 0 bridgehead atoms. The second-order valence-corrected chi connectivity index (χ2v) is 4.54. The Morgan fingerprint density at radius 1 is 1.16 bits per heavy atom. The lowest BCUT2D eigenvalue weighted by Crippen LogP contribution is -2.00. The molecule has 0 aliphatic heterocycles. The summed E-state index contributed by atoms with van der Waals surface area (Å²) < 4.78 is 5.10. The van der Waals surface area contributed by atoms with E-state index in [-0.39, 0.29) is 5.78 Å². The molecule has 0 aromatic heterocycles. The molecule has 0 fully saturated rings. The number of halogens is 1. The lowest BCUT2D eigenvalue weighted by molar-refractivity contribution is 0.101. The first-order valence-corrected chi connectivity index (χ1v) is 6.19. The van der Waals surface area contributed by atoms with Crippen molar-refractivity contribution in [1.82, 2.24) is 0 Å². The van der Waals surface area contributed by atoms with Gasteiger partial charge in [-0.05, 0) is 49.4 Å². The molecule has 2 rings (SSSR count). The van der Waals surface area contributed by atoms with Crippen molar-refractivity contribution in [2.75, 3.05) is 12.4 Å². The van der Waals surface area contributed by atoms with E-state index in [1.807, 2.05) is 24.3 Å². The van der Waals surface area contributed by atoms with E-state index in [2.05, 4.69) is 5.32 Å². The molecular formula is C15H14ClNO2. The van der Waals surface area contributed by atoms with E-state index >= 15 is 0 Å². The molecule has 4 heteroatoms. The quantitative estimate of drug-likeness (QED) is 0.846. The largest absolute Gasteiger partial charge is 0.497 e. The zero-order valence-electron chi connectivity index (χ0n) is 10.7. The minimum absolute atomic E-state index is 0.00678. The highest BCUT2D eigenvalue weighted by Gasteiger charge is 2.08. The summed E-state index contributed by atoms with van der Waals surface area (Å²) in [5.41, 5.74) is 2.18. The van der Waals surface area contributed by atoms with Crippen molar-refractivity contribution in [2.45, 2.75) is 6.92 Å². The van der Waals surface area contributed by atoms with Gasteiger partial charge in [0, 0.05) is 16.3 Å². The van der Waals surface area contributed by atoms with Gasteiger partial charge < -0.3 is 10.1 Å². The third-order valence-corrected chi connectivity index (χ3v) is 2.97.